The van der Waals surface area contributed by atoms with Crippen molar-refractivity contribution in [1.82, 2.24) is 14.3 Å². The lowest BCUT2D eigenvalue weighted by molar-refractivity contribution is 0.0994. The Labute approximate surface area is 111 Å². The molecule has 0 aliphatic heterocycles. The SMILES string of the molecule is CSc1nsc(NC(=O)N(CC(F)F)C2CC2)n1. The monoisotopic (exact) mass is 294 g/mol. The van der Waals surface area contributed by atoms with Gasteiger partial charge >= 0.3 is 6.03 Å². The van der Waals surface area contributed by atoms with Gasteiger partial charge in [-0.3, -0.25) is 5.32 Å². The number of aromatic nitrogens is 2. The molecule has 0 radical (unpaired) electrons. The van der Waals surface area contributed by atoms with Gasteiger partial charge in [-0.2, -0.15) is 9.36 Å². The lowest BCUT2D eigenvalue weighted by Crippen LogP contribution is -2.39. The third kappa shape index (κ3) is 3.52. The summed E-state index contributed by atoms with van der Waals surface area (Å²) in [5.41, 5.74) is 0. The molecule has 1 aromatic rings. The zero-order chi connectivity index (χ0) is 13.1. The number of urea groups is 1. The molecule has 18 heavy (non-hydrogen) atoms. The molecule has 1 saturated carbocycles. The summed E-state index contributed by atoms with van der Waals surface area (Å²) < 4.78 is 28.7. The van der Waals surface area contributed by atoms with Crippen LogP contribution in [0.2, 0.25) is 0 Å². The first-order valence-electron chi connectivity index (χ1n) is 5.33. The Morgan fingerprint density at radius 3 is 2.89 bits per heavy atom. The van der Waals surface area contributed by atoms with Crippen LogP contribution in [0.4, 0.5) is 18.7 Å². The molecule has 5 nitrogen and oxygen atoms in total. The summed E-state index contributed by atoms with van der Waals surface area (Å²) in [6.45, 7) is -0.537. The Kier molecular flexibility index (Phi) is 4.33. The van der Waals surface area contributed by atoms with Crippen molar-refractivity contribution in [3.63, 3.8) is 0 Å². The number of hydrogen-bond donors (Lipinski definition) is 1. The molecular weight excluding hydrogens is 282 g/mol. The number of carbonyl (C=O) groups excluding carboxylic acids is 1. The Hall–Kier alpha value is -0.960. The normalized spacial score (nSPS) is 14.9. The van der Waals surface area contributed by atoms with Gasteiger partial charge in [-0.1, -0.05) is 11.8 Å². The molecule has 1 heterocycles. The van der Waals surface area contributed by atoms with E-state index >= 15 is 0 Å². The number of anilines is 1. The predicted molar refractivity (Wildman–Crippen MR) is 66.4 cm³/mol. The van der Waals surface area contributed by atoms with Gasteiger partial charge in [-0.05, 0) is 19.1 Å². The zero-order valence-corrected chi connectivity index (χ0v) is 11.2. The molecule has 0 unspecified atom stereocenters. The van der Waals surface area contributed by atoms with Crippen LogP contribution in [-0.4, -0.2) is 45.6 Å². The standard InChI is InChI=1S/C9H12F2N4OS2/c1-17-8-12-7(18-14-8)13-9(16)15(4-6(10)11)5-2-3-5/h5-6H,2-4H2,1H3,(H,12,13,14,16). The van der Waals surface area contributed by atoms with E-state index in [0.29, 0.717) is 10.3 Å². The minimum atomic E-state index is -2.52. The van der Waals surface area contributed by atoms with Crippen molar-refractivity contribution >= 4 is 34.5 Å². The Balaban J connectivity index is 1.95. The van der Waals surface area contributed by atoms with Crippen LogP contribution in [0.15, 0.2) is 5.16 Å². The highest BCUT2D eigenvalue weighted by atomic mass is 32.2. The smallest absolute Gasteiger partial charge is 0.316 e. The van der Waals surface area contributed by atoms with Crippen LogP contribution in [0.1, 0.15) is 12.8 Å². The number of rotatable bonds is 5. The topological polar surface area (TPSA) is 58.1 Å². The minimum Gasteiger partial charge on any atom is -0.316 e. The van der Waals surface area contributed by atoms with E-state index in [9.17, 15) is 13.6 Å². The van der Waals surface area contributed by atoms with Crippen molar-refractivity contribution in [3.05, 3.63) is 0 Å². The summed E-state index contributed by atoms with van der Waals surface area (Å²) in [5, 5.41) is 3.40. The van der Waals surface area contributed by atoms with Crippen LogP contribution in [0.3, 0.4) is 0 Å². The maximum atomic E-state index is 12.4. The third-order valence-corrected chi connectivity index (χ3v) is 3.68. The number of carbonyl (C=O) groups is 1. The largest absolute Gasteiger partial charge is 0.324 e. The Bertz CT molecular complexity index is 424. The lowest BCUT2D eigenvalue weighted by atomic mass is 10.5. The second-order valence-corrected chi connectivity index (χ2v) is 5.32. The number of halogens is 2. The van der Waals surface area contributed by atoms with E-state index in [0.717, 1.165) is 24.4 Å². The van der Waals surface area contributed by atoms with Gasteiger partial charge in [0.15, 0.2) is 0 Å². The highest BCUT2D eigenvalue weighted by Gasteiger charge is 2.34. The van der Waals surface area contributed by atoms with Crippen LogP contribution in [0.5, 0.6) is 0 Å². The number of thioether (sulfide) groups is 1. The van der Waals surface area contributed by atoms with Gasteiger partial charge in [-0.15, -0.1) is 0 Å². The van der Waals surface area contributed by atoms with E-state index in [2.05, 4.69) is 14.7 Å². The zero-order valence-electron chi connectivity index (χ0n) is 9.60. The van der Waals surface area contributed by atoms with Crippen LogP contribution in [0, 0.1) is 0 Å². The molecule has 1 fully saturated rings. The van der Waals surface area contributed by atoms with Gasteiger partial charge in [0, 0.05) is 17.6 Å². The van der Waals surface area contributed by atoms with Gasteiger partial charge < -0.3 is 4.90 Å². The van der Waals surface area contributed by atoms with Crippen LogP contribution in [-0.2, 0) is 0 Å². The number of nitrogens with zero attached hydrogens (tertiary/aromatic N) is 3. The first-order valence-corrected chi connectivity index (χ1v) is 7.33. The number of amides is 2. The Morgan fingerprint density at radius 2 is 2.39 bits per heavy atom. The first kappa shape index (κ1) is 13.5. The minimum absolute atomic E-state index is 0.0630. The summed E-state index contributed by atoms with van der Waals surface area (Å²) >= 11 is 2.40. The van der Waals surface area contributed by atoms with Crippen molar-refractivity contribution in [2.24, 2.45) is 0 Å². The molecule has 9 heteroatoms. The molecule has 100 valence electrons. The van der Waals surface area contributed by atoms with Crippen molar-refractivity contribution < 1.29 is 13.6 Å². The molecule has 2 rings (SSSR count). The average molecular weight is 294 g/mol. The molecule has 0 aromatic carbocycles. The van der Waals surface area contributed by atoms with E-state index in [-0.39, 0.29) is 6.04 Å². The van der Waals surface area contributed by atoms with E-state index in [1.165, 1.54) is 16.7 Å². The molecule has 0 saturated heterocycles. The van der Waals surface area contributed by atoms with Crippen molar-refractivity contribution in [2.75, 3.05) is 18.1 Å². The molecule has 1 aromatic heterocycles. The highest BCUT2D eigenvalue weighted by Crippen LogP contribution is 2.28. The summed E-state index contributed by atoms with van der Waals surface area (Å²) in [6.07, 6.45) is 0.868. The molecule has 1 aliphatic rings. The summed E-state index contributed by atoms with van der Waals surface area (Å²) in [7, 11) is 0. The van der Waals surface area contributed by atoms with Crippen molar-refractivity contribution in [2.45, 2.75) is 30.5 Å². The van der Waals surface area contributed by atoms with Crippen LogP contribution in [0.25, 0.3) is 0 Å². The predicted octanol–water partition coefficient (Wildman–Crippen LogP) is 2.52. The molecular formula is C9H12F2N4OS2. The number of nitrogens with one attached hydrogen (secondary N) is 1. The second-order valence-electron chi connectivity index (χ2n) is 3.79. The lowest BCUT2D eigenvalue weighted by Gasteiger charge is -2.21. The van der Waals surface area contributed by atoms with Gasteiger partial charge in [0.25, 0.3) is 6.43 Å². The average Bonchev–Trinajstić information content (AvgIpc) is 3.06. The molecule has 2 amide bonds. The molecule has 0 atom stereocenters. The molecule has 0 bridgehead atoms. The number of hydrogen-bond acceptors (Lipinski definition) is 5. The van der Waals surface area contributed by atoms with E-state index in [1.54, 1.807) is 0 Å². The fourth-order valence-electron chi connectivity index (χ4n) is 1.44. The van der Waals surface area contributed by atoms with E-state index in [1.807, 2.05) is 6.26 Å². The third-order valence-electron chi connectivity index (χ3n) is 2.39. The van der Waals surface area contributed by atoms with Crippen molar-refractivity contribution in [1.29, 1.82) is 0 Å². The quantitative estimate of drug-likeness (QED) is 0.848. The maximum absolute atomic E-state index is 12.4. The summed E-state index contributed by atoms with van der Waals surface area (Å²) in [5.74, 6) is 0. The summed E-state index contributed by atoms with van der Waals surface area (Å²) in [4.78, 5) is 17.0. The maximum Gasteiger partial charge on any atom is 0.324 e. The van der Waals surface area contributed by atoms with E-state index < -0.39 is 19.0 Å². The van der Waals surface area contributed by atoms with Gasteiger partial charge in [-0.25, -0.2) is 13.6 Å². The fourth-order valence-corrected chi connectivity index (χ4v) is 2.56. The van der Waals surface area contributed by atoms with Gasteiger partial charge in [0.1, 0.15) is 0 Å². The van der Waals surface area contributed by atoms with Crippen LogP contribution < -0.4 is 5.32 Å². The second kappa shape index (κ2) is 5.79. The molecule has 1 N–H and O–H groups in total. The first-order chi connectivity index (χ1) is 8.60. The fraction of sp³-hybridized carbons (Fsp3) is 0.667. The van der Waals surface area contributed by atoms with Crippen LogP contribution >= 0.6 is 23.3 Å². The number of alkyl halides is 2. The van der Waals surface area contributed by atoms with Gasteiger partial charge in [0.2, 0.25) is 10.3 Å². The molecule has 0 spiro atoms. The summed E-state index contributed by atoms with van der Waals surface area (Å²) in [6, 6.07) is -0.589. The van der Waals surface area contributed by atoms with Gasteiger partial charge in [0.05, 0.1) is 6.54 Å². The highest BCUT2D eigenvalue weighted by molar-refractivity contribution is 7.98. The Morgan fingerprint density at radius 1 is 1.67 bits per heavy atom. The van der Waals surface area contributed by atoms with E-state index in [4.69, 9.17) is 0 Å². The van der Waals surface area contributed by atoms with Crippen molar-refractivity contribution in [3.8, 4) is 0 Å². The molecule has 1 aliphatic carbocycles.